The van der Waals surface area contributed by atoms with E-state index in [2.05, 4.69) is 32.9 Å². The zero-order chi connectivity index (χ0) is 9.40. The molecule has 1 N–H and O–H groups in total. The second kappa shape index (κ2) is 7.11. The summed E-state index contributed by atoms with van der Waals surface area (Å²) >= 11 is 0. The van der Waals surface area contributed by atoms with Crippen molar-refractivity contribution in [1.82, 2.24) is 0 Å². The molecule has 1 nitrogen and oxygen atoms in total. The number of aliphatic hydroxyl groups excluding tert-OH is 1. The molecule has 0 aromatic carbocycles. The average Bonchev–Trinajstić information content (AvgIpc) is 2.04. The van der Waals surface area contributed by atoms with Crippen molar-refractivity contribution in [2.75, 3.05) is 6.61 Å². The highest BCUT2D eigenvalue weighted by molar-refractivity contribution is 5.02. The molecule has 1 heteroatoms. The van der Waals surface area contributed by atoms with Crippen LogP contribution in [0.5, 0.6) is 0 Å². The molecule has 0 saturated carbocycles. The summed E-state index contributed by atoms with van der Waals surface area (Å²) in [6.07, 6.45) is 7.41. The van der Waals surface area contributed by atoms with E-state index in [4.69, 9.17) is 5.11 Å². The Balaban J connectivity index is 3.59. The monoisotopic (exact) mass is 168 g/mol. The van der Waals surface area contributed by atoms with Crippen LogP contribution in [0.3, 0.4) is 0 Å². The number of aliphatic hydroxyl groups is 1. The lowest BCUT2D eigenvalue weighted by Gasteiger charge is -1.98. The van der Waals surface area contributed by atoms with Gasteiger partial charge in [0, 0.05) is 6.61 Å². The smallest absolute Gasteiger partial charge is 0.0468 e. The Kier molecular flexibility index (Phi) is 6.78. The minimum atomic E-state index is 0.269. The van der Waals surface area contributed by atoms with E-state index >= 15 is 0 Å². The molecule has 0 aliphatic heterocycles. The van der Waals surface area contributed by atoms with Gasteiger partial charge in [0.1, 0.15) is 0 Å². The Bertz CT molecular complexity index is 166. The first-order valence-electron chi connectivity index (χ1n) is 4.59. The van der Waals surface area contributed by atoms with Gasteiger partial charge in [-0.1, -0.05) is 23.3 Å². The number of rotatable bonds is 5. The van der Waals surface area contributed by atoms with Crippen LogP contribution in [-0.4, -0.2) is 11.7 Å². The van der Waals surface area contributed by atoms with Crippen LogP contribution in [0.15, 0.2) is 23.3 Å². The van der Waals surface area contributed by atoms with Crippen LogP contribution in [-0.2, 0) is 0 Å². The lowest BCUT2D eigenvalue weighted by atomic mass is 10.1. The topological polar surface area (TPSA) is 20.2 Å². The van der Waals surface area contributed by atoms with Gasteiger partial charge < -0.3 is 5.11 Å². The quantitative estimate of drug-likeness (QED) is 0.625. The zero-order valence-electron chi connectivity index (χ0n) is 8.43. The van der Waals surface area contributed by atoms with Gasteiger partial charge in [0.2, 0.25) is 0 Å². The summed E-state index contributed by atoms with van der Waals surface area (Å²) in [4.78, 5) is 0. The normalized spacial score (nSPS) is 13.7. The molecule has 0 amide bonds. The molecule has 0 spiro atoms. The van der Waals surface area contributed by atoms with E-state index in [0.717, 1.165) is 19.3 Å². The maximum atomic E-state index is 8.64. The summed E-state index contributed by atoms with van der Waals surface area (Å²) in [7, 11) is 0. The van der Waals surface area contributed by atoms with Crippen molar-refractivity contribution in [2.24, 2.45) is 0 Å². The van der Waals surface area contributed by atoms with Crippen LogP contribution < -0.4 is 0 Å². The maximum Gasteiger partial charge on any atom is 0.0468 e. The fourth-order valence-corrected chi connectivity index (χ4v) is 0.969. The van der Waals surface area contributed by atoms with E-state index in [9.17, 15) is 0 Å². The Labute approximate surface area is 75.8 Å². The summed E-state index contributed by atoms with van der Waals surface area (Å²) in [6, 6.07) is 0. The Morgan fingerprint density at radius 3 is 2.33 bits per heavy atom. The minimum absolute atomic E-state index is 0.269. The first kappa shape index (κ1) is 11.4. The predicted molar refractivity (Wildman–Crippen MR) is 54.1 cm³/mol. The van der Waals surface area contributed by atoms with Gasteiger partial charge in [-0.05, 0) is 40.0 Å². The van der Waals surface area contributed by atoms with E-state index in [0.29, 0.717) is 0 Å². The number of allylic oxidation sites excluding steroid dienone is 3. The molecule has 12 heavy (non-hydrogen) atoms. The number of hydrogen-bond acceptors (Lipinski definition) is 1. The van der Waals surface area contributed by atoms with Crippen LogP contribution >= 0.6 is 0 Å². The van der Waals surface area contributed by atoms with Crippen molar-refractivity contribution in [3.63, 3.8) is 0 Å². The van der Waals surface area contributed by atoms with Gasteiger partial charge >= 0.3 is 0 Å². The highest BCUT2D eigenvalue weighted by Gasteiger charge is 1.89. The standard InChI is InChI=1S/C11H20O/c1-4-10(2)6-5-7-11(3)8-9-12/h4,7,12H,5-6,8-9H2,1-3H3. The van der Waals surface area contributed by atoms with Crippen molar-refractivity contribution >= 4 is 0 Å². The third-order valence-corrected chi connectivity index (χ3v) is 2.03. The molecule has 70 valence electrons. The van der Waals surface area contributed by atoms with Gasteiger partial charge in [-0.25, -0.2) is 0 Å². The molecule has 0 aromatic rings. The summed E-state index contributed by atoms with van der Waals surface area (Å²) in [5.41, 5.74) is 2.73. The fraction of sp³-hybridized carbons (Fsp3) is 0.636. The number of hydrogen-bond donors (Lipinski definition) is 1. The van der Waals surface area contributed by atoms with Crippen LogP contribution in [0.2, 0.25) is 0 Å². The third-order valence-electron chi connectivity index (χ3n) is 2.03. The fourth-order valence-electron chi connectivity index (χ4n) is 0.969. The van der Waals surface area contributed by atoms with Gasteiger partial charge in [-0.3, -0.25) is 0 Å². The first-order chi connectivity index (χ1) is 5.70. The molecule has 0 rings (SSSR count). The van der Waals surface area contributed by atoms with Gasteiger partial charge in [-0.15, -0.1) is 0 Å². The van der Waals surface area contributed by atoms with Crippen LogP contribution in [0.25, 0.3) is 0 Å². The molecule has 0 radical (unpaired) electrons. The highest BCUT2D eigenvalue weighted by atomic mass is 16.2. The second-order valence-electron chi connectivity index (χ2n) is 3.20. The second-order valence-corrected chi connectivity index (χ2v) is 3.20. The molecule has 0 heterocycles. The van der Waals surface area contributed by atoms with E-state index < -0.39 is 0 Å². The summed E-state index contributed by atoms with van der Waals surface area (Å²) in [6.45, 7) is 6.56. The van der Waals surface area contributed by atoms with E-state index in [1.54, 1.807) is 0 Å². The molecule has 0 bridgehead atoms. The van der Waals surface area contributed by atoms with Gasteiger partial charge in [-0.2, -0.15) is 0 Å². The minimum Gasteiger partial charge on any atom is -0.396 e. The molecule has 0 aliphatic rings. The SMILES string of the molecule is CC=C(C)CCC=C(C)CCO. The Morgan fingerprint density at radius 2 is 1.83 bits per heavy atom. The van der Waals surface area contributed by atoms with Gasteiger partial charge in [0.25, 0.3) is 0 Å². The van der Waals surface area contributed by atoms with Crippen molar-refractivity contribution in [2.45, 2.75) is 40.0 Å². The highest BCUT2D eigenvalue weighted by Crippen LogP contribution is 2.07. The van der Waals surface area contributed by atoms with Gasteiger partial charge in [0.15, 0.2) is 0 Å². The van der Waals surface area contributed by atoms with Crippen molar-refractivity contribution < 1.29 is 5.11 Å². The molecule has 0 unspecified atom stereocenters. The van der Waals surface area contributed by atoms with Gasteiger partial charge in [0.05, 0.1) is 0 Å². The summed E-state index contributed by atoms with van der Waals surface area (Å²) in [5.74, 6) is 0. The third kappa shape index (κ3) is 6.17. The first-order valence-corrected chi connectivity index (χ1v) is 4.59. The molecular formula is C11H20O. The largest absolute Gasteiger partial charge is 0.396 e. The predicted octanol–water partition coefficient (Wildman–Crippen LogP) is 3.06. The van der Waals surface area contributed by atoms with Crippen LogP contribution in [0, 0.1) is 0 Å². The van der Waals surface area contributed by atoms with Crippen LogP contribution in [0.4, 0.5) is 0 Å². The molecule has 0 fully saturated rings. The molecule has 0 aliphatic carbocycles. The lowest BCUT2D eigenvalue weighted by Crippen LogP contribution is -1.84. The Hall–Kier alpha value is -0.560. The van der Waals surface area contributed by atoms with Crippen molar-refractivity contribution in [1.29, 1.82) is 0 Å². The maximum absolute atomic E-state index is 8.64. The summed E-state index contributed by atoms with van der Waals surface area (Å²) in [5, 5.41) is 8.64. The van der Waals surface area contributed by atoms with E-state index in [-0.39, 0.29) is 6.61 Å². The van der Waals surface area contributed by atoms with Crippen molar-refractivity contribution in [3.05, 3.63) is 23.3 Å². The summed E-state index contributed by atoms with van der Waals surface area (Å²) < 4.78 is 0. The average molecular weight is 168 g/mol. The molecule has 0 atom stereocenters. The lowest BCUT2D eigenvalue weighted by molar-refractivity contribution is 0.299. The van der Waals surface area contributed by atoms with E-state index in [1.807, 2.05) is 0 Å². The molecular weight excluding hydrogens is 148 g/mol. The molecule has 0 aromatic heterocycles. The van der Waals surface area contributed by atoms with Crippen molar-refractivity contribution in [3.8, 4) is 0 Å². The van der Waals surface area contributed by atoms with Crippen LogP contribution in [0.1, 0.15) is 40.0 Å². The molecule has 0 saturated heterocycles. The van der Waals surface area contributed by atoms with E-state index in [1.165, 1.54) is 11.1 Å². The Morgan fingerprint density at radius 1 is 1.17 bits per heavy atom. The zero-order valence-corrected chi connectivity index (χ0v) is 8.43.